The van der Waals surface area contributed by atoms with Crippen LogP contribution in [0.15, 0.2) is 30.6 Å². The van der Waals surface area contributed by atoms with E-state index in [1.54, 1.807) is 30.1 Å². The molecule has 2 amide bonds. The van der Waals surface area contributed by atoms with Crippen LogP contribution in [0.2, 0.25) is 5.02 Å². The summed E-state index contributed by atoms with van der Waals surface area (Å²) in [5.41, 5.74) is 1.99. The molecule has 1 aromatic carbocycles. The Morgan fingerprint density at radius 3 is 2.67 bits per heavy atom. The predicted molar refractivity (Wildman–Crippen MR) is 137 cm³/mol. The first-order chi connectivity index (χ1) is 17.0. The number of fused-ring (bicyclic) bond motifs is 1. The molecular weight excluding hydrogens is 480 g/mol. The summed E-state index contributed by atoms with van der Waals surface area (Å²) in [6, 6.07) is 6.49. The number of aromatic amines is 1. The fraction of sp³-hybridized carbons (Fsp3) is 0.360. The summed E-state index contributed by atoms with van der Waals surface area (Å²) >= 11 is 6.08. The smallest absolute Gasteiger partial charge is 0.255 e. The van der Waals surface area contributed by atoms with Gasteiger partial charge in [0.1, 0.15) is 17.3 Å². The lowest BCUT2D eigenvalue weighted by molar-refractivity contribution is -0.141. The lowest BCUT2D eigenvalue weighted by Crippen LogP contribution is -2.60. The van der Waals surface area contributed by atoms with E-state index in [2.05, 4.69) is 31.7 Å². The maximum Gasteiger partial charge on any atom is 0.255 e. The summed E-state index contributed by atoms with van der Waals surface area (Å²) in [6.07, 6.45) is 2.96. The Balaban J connectivity index is 1.62. The highest BCUT2D eigenvalue weighted by Gasteiger charge is 2.40. The molecular formula is C25H27ClN8O2. The van der Waals surface area contributed by atoms with Gasteiger partial charge < -0.3 is 20.5 Å². The van der Waals surface area contributed by atoms with E-state index in [1.807, 2.05) is 20.8 Å². The van der Waals surface area contributed by atoms with Crippen LogP contribution in [0.4, 0.5) is 5.69 Å². The number of halogens is 1. The Kier molecular flexibility index (Phi) is 6.69. The van der Waals surface area contributed by atoms with E-state index in [-0.39, 0.29) is 28.8 Å². The molecule has 11 heteroatoms. The van der Waals surface area contributed by atoms with Gasteiger partial charge in [0.05, 0.1) is 29.5 Å². The number of likely N-dealkylation sites (tertiary alicyclic amines) is 1. The first kappa shape index (κ1) is 25.1. The van der Waals surface area contributed by atoms with E-state index in [9.17, 15) is 9.59 Å². The number of aromatic nitrogens is 3. The minimum Gasteiger partial charge on any atom is -0.388 e. The van der Waals surface area contributed by atoms with Gasteiger partial charge in [-0.2, -0.15) is 5.26 Å². The molecule has 10 nitrogen and oxygen atoms in total. The van der Waals surface area contributed by atoms with Crippen molar-refractivity contribution in [1.29, 1.82) is 10.7 Å². The van der Waals surface area contributed by atoms with E-state index in [0.717, 1.165) is 0 Å². The second kappa shape index (κ2) is 9.59. The van der Waals surface area contributed by atoms with Crippen molar-refractivity contribution < 1.29 is 9.59 Å². The molecule has 1 aliphatic rings. The normalized spacial score (nSPS) is 14.6. The van der Waals surface area contributed by atoms with Crippen LogP contribution in [0, 0.1) is 28.1 Å². The zero-order chi connectivity index (χ0) is 26.2. The first-order valence-corrected chi connectivity index (χ1v) is 11.8. The van der Waals surface area contributed by atoms with Crippen LogP contribution in [0.1, 0.15) is 42.4 Å². The third kappa shape index (κ3) is 4.75. The highest BCUT2D eigenvalue weighted by atomic mass is 35.5. The Morgan fingerprint density at radius 1 is 1.31 bits per heavy atom. The van der Waals surface area contributed by atoms with Crippen LogP contribution in [0.5, 0.6) is 0 Å². The van der Waals surface area contributed by atoms with E-state index in [0.29, 0.717) is 40.5 Å². The molecule has 1 saturated heterocycles. The highest BCUT2D eigenvalue weighted by Crippen LogP contribution is 2.27. The van der Waals surface area contributed by atoms with Crippen molar-refractivity contribution in [3.05, 3.63) is 52.4 Å². The Bertz CT molecular complexity index is 1400. The summed E-state index contributed by atoms with van der Waals surface area (Å²) in [5, 5.41) is 24.1. The molecule has 0 radical (unpaired) electrons. The predicted octanol–water partition coefficient (Wildman–Crippen LogP) is 3.20. The van der Waals surface area contributed by atoms with Crippen LogP contribution < -0.4 is 10.6 Å². The fourth-order valence-corrected chi connectivity index (χ4v) is 4.22. The van der Waals surface area contributed by atoms with Gasteiger partial charge in [-0.1, -0.05) is 32.4 Å². The average molecular weight is 507 g/mol. The van der Waals surface area contributed by atoms with E-state index in [1.165, 1.54) is 12.4 Å². The molecule has 0 saturated carbocycles. The van der Waals surface area contributed by atoms with Crippen molar-refractivity contribution in [2.75, 3.05) is 25.5 Å². The van der Waals surface area contributed by atoms with E-state index < -0.39 is 17.4 Å². The minimum atomic E-state index is -0.795. The molecule has 1 unspecified atom stereocenters. The molecule has 1 atom stereocenters. The van der Waals surface area contributed by atoms with Crippen molar-refractivity contribution >= 4 is 46.0 Å². The summed E-state index contributed by atoms with van der Waals surface area (Å²) in [6.45, 7) is 6.34. The summed E-state index contributed by atoms with van der Waals surface area (Å²) < 4.78 is 0. The molecule has 3 aromatic rings. The second-order valence-corrected chi connectivity index (χ2v) is 10.2. The zero-order valence-corrected chi connectivity index (χ0v) is 21.2. The monoisotopic (exact) mass is 506 g/mol. The number of hydrogen-bond acceptors (Lipinski definition) is 7. The van der Waals surface area contributed by atoms with Gasteiger partial charge in [-0.3, -0.25) is 15.0 Å². The maximum atomic E-state index is 13.3. The number of carbonyl (C=O) groups excluding carboxylic acids is 2. The number of hydrogen-bond donors (Lipinski definition) is 4. The van der Waals surface area contributed by atoms with Crippen LogP contribution in [-0.2, 0) is 4.79 Å². The first-order valence-electron chi connectivity index (χ1n) is 11.4. The van der Waals surface area contributed by atoms with E-state index >= 15 is 0 Å². The molecule has 0 bridgehead atoms. The number of H-pyrrole nitrogens is 1. The maximum absolute atomic E-state index is 13.3. The van der Waals surface area contributed by atoms with Gasteiger partial charge in [0.2, 0.25) is 5.91 Å². The zero-order valence-electron chi connectivity index (χ0n) is 20.4. The topological polar surface area (TPSA) is 151 Å². The molecule has 36 heavy (non-hydrogen) atoms. The second-order valence-electron chi connectivity index (χ2n) is 9.81. The summed E-state index contributed by atoms with van der Waals surface area (Å²) in [4.78, 5) is 39.9. The third-order valence-electron chi connectivity index (χ3n) is 6.17. The van der Waals surface area contributed by atoms with Gasteiger partial charge in [0, 0.05) is 42.6 Å². The summed E-state index contributed by atoms with van der Waals surface area (Å²) in [5.74, 6) is -0.877. The minimum absolute atomic E-state index is 0.116. The van der Waals surface area contributed by atoms with Crippen molar-refractivity contribution in [1.82, 2.24) is 25.2 Å². The molecule has 4 rings (SSSR count). The number of benzene rings is 1. The number of rotatable bonds is 6. The number of anilines is 1. The summed E-state index contributed by atoms with van der Waals surface area (Å²) in [7, 11) is 1.74. The van der Waals surface area contributed by atoms with Gasteiger partial charge in [-0.15, -0.1) is 0 Å². The van der Waals surface area contributed by atoms with Crippen molar-refractivity contribution in [2.45, 2.75) is 26.8 Å². The molecule has 0 spiro atoms. The van der Waals surface area contributed by atoms with Crippen LogP contribution in [0.3, 0.4) is 0 Å². The fourth-order valence-electron chi connectivity index (χ4n) is 4.04. The van der Waals surface area contributed by atoms with Gasteiger partial charge in [-0.05, 0) is 23.6 Å². The Morgan fingerprint density at radius 2 is 2.03 bits per heavy atom. The van der Waals surface area contributed by atoms with Gasteiger partial charge >= 0.3 is 0 Å². The molecule has 0 aliphatic carbocycles. The Hall–Kier alpha value is -3.97. The average Bonchev–Trinajstić information content (AvgIpc) is 3.23. The highest BCUT2D eigenvalue weighted by molar-refractivity contribution is 6.31. The third-order valence-corrected chi connectivity index (χ3v) is 6.40. The molecule has 1 aliphatic heterocycles. The number of nitriles is 1. The lowest BCUT2D eigenvalue weighted by Gasteiger charge is -2.41. The molecule has 186 valence electrons. The van der Waals surface area contributed by atoms with Crippen molar-refractivity contribution in [3.8, 4) is 6.07 Å². The van der Waals surface area contributed by atoms with Gasteiger partial charge in [-0.25, -0.2) is 9.97 Å². The molecule has 1 fully saturated rings. The number of nitrogens with one attached hydrogen (secondary N) is 4. The van der Waals surface area contributed by atoms with E-state index in [4.69, 9.17) is 22.3 Å². The van der Waals surface area contributed by atoms with Crippen LogP contribution in [-0.4, -0.2) is 63.6 Å². The van der Waals surface area contributed by atoms with Crippen molar-refractivity contribution in [3.63, 3.8) is 0 Å². The largest absolute Gasteiger partial charge is 0.388 e. The van der Waals surface area contributed by atoms with Crippen molar-refractivity contribution in [2.24, 2.45) is 11.3 Å². The number of carbonyl (C=O) groups is 2. The SMILES string of the molecule is CNc1cc(Cl)ccc1C(=N)c1cnc2[nH]cc(C(=O)NC(C(=O)N3CC(C#N)C3)C(C)(C)C)c2n1. The molecule has 2 aromatic heterocycles. The standard InChI is InChI=1S/C25H27ClN8O2/c1-25(2,3)21(24(36)34-11-13(8-27)12-34)33-23(35)16-9-30-22-20(16)32-18(10-31-22)19(28)15-6-5-14(26)7-17(15)29-4/h5-7,9-10,13,21,28-29H,11-12H2,1-4H3,(H,30,31)(H,33,35). The number of nitrogens with zero attached hydrogens (tertiary/aromatic N) is 4. The molecule has 4 N–H and O–H groups in total. The quantitative estimate of drug-likeness (QED) is 0.377. The van der Waals surface area contributed by atoms with Gasteiger partial charge in [0.15, 0.2) is 5.65 Å². The number of amides is 2. The molecule has 3 heterocycles. The van der Waals surface area contributed by atoms with Crippen LogP contribution in [0.25, 0.3) is 11.2 Å². The lowest BCUT2D eigenvalue weighted by atomic mass is 9.84. The van der Waals surface area contributed by atoms with Gasteiger partial charge in [0.25, 0.3) is 5.91 Å². The van der Waals surface area contributed by atoms with Crippen LogP contribution >= 0.6 is 11.6 Å². The Labute approximate surface area is 213 Å².